The number of nitrogens with one attached hydrogen (secondary N) is 2. The predicted octanol–water partition coefficient (Wildman–Crippen LogP) is 3.99. The molecule has 9 heteroatoms. The van der Waals surface area contributed by atoms with E-state index in [9.17, 15) is 4.79 Å². The van der Waals surface area contributed by atoms with Crippen molar-refractivity contribution in [2.75, 3.05) is 5.32 Å². The number of amides is 1. The van der Waals surface area contributed by atoms with E-state index in [1.165, 1.54) is 6.33 Å². The van der Waals surface area contributed by atoms with E-state index in [-0.39, 0.29) is 12.6 Å². The quantitative estimate of drug-likeness (QED) is 0.784. The zero-order valence-corrected chi connectivity index (χ0v) is 17.5. The number of halogens is 1. The number of rotatable bonds is 4. The summed E-state index contributed by atoms with van der Waals surface area (Å²) in [4.78, 5) is 29.0. The molecule has 2 aromatic rings. The van der Waals surface area contributed by atoms with Gasteiger partial charge in [-0.3, -0.25) is 4.99 Å². The molecule has 29 heavy (non-hydrogen) atoms. The molecular weight excluding hydrogens is 392 g/mol. The van der Waals surface area contributed by atoms with Crippen LogP contribution in [0.25, 0.3) is 11.4 Å². The summed E-state index contributed by atoms with van der Waals surface area (Å²) in [5.74, 6) is 1.59. The lowest BCUT2D eigenvalue weighted by Gasteiger charge is -2.19. The van der Waals surface area contributed by atoms with Crippen molar-refractivity contribution >= 4 is 29.5 Å². The number of hydrogen-bond donors (Lipinski definition) is 2. The first-order valence-corrected chi connectivity index (χ1v) is 9.55. The number of anilines is 1. The smallest absolute Gasteiger partial charge is 0.407 e. The zero-order chi connectivity index (χ0) is 21.0. The van der Waals surface area contributed by atoms with Crippen molar-refractivity contribution in [1.82, 2.24) is 20.3 Å². The van der Waals surface area contributed by atoms with Gasteiger partial charge >= 0.3 is 6.09 Å². The van der Waals surface area contributed by atoms with Gasteiger partial charge in [0.2, 0.25) is 5.95 Å². The fraction of sp³-hybridized carbons (Fsp3) is 0.350. The number of amidine groups is 1. The number of nitrogens with zero attached hydrogens (tertiary/aromatic N) is 4. The molecule has 0 radical (unpaired) electrons. The van der Waals surface area contributed by atoms with Crippen molar-refractivity contribution in [1.29, 1.82) is 0 Å². The van der Waals surface area contributed by atoms with Crippen LogP contribution >= 0.6 is 11.6 Å². The van der Waals surface area contributed by atoms with Crippen LogP contribution in [0.4, 0.5) is 10.7 Å². The molecular formula is C20H23ClN6O2. The summed E-state index contributed by atoms with van der Waals surface area (Å²) in [7, 11) is 0. The normalized spacial score (nSPS) is 15.8. The Kier molecular flexibility index (Phi) is 6.12. The summed E-state index contributed by atoms with van der Waals surface area (Å²) in [6.07, 6.45) is 4.80. The second kappa shape index (κ2) is 8.57. The highest BCUT2D eigenvalue weighted by molar-refractivity contribution is 6.31. The highest BCUT2D eigenvalue weighted by atomic mass is 35.5. The predicted molar refractivity (Wildman–Crippen MR) is 113 cm³/mol. The number of alkyl carbamates (subject to hydrolysis) is 1. The fourth-order valence-corrected chi connectivity index (χ4v) is 2.78. The van der Waals surface area contributed by atoms with Gasteiger partial charge in [0.1, 0.15) is 17.8 Å². The molecule has 0 spiro atoms. The van der Waals surface area contributed by atoms with E-state index >= 15 is 0 Å². The molecule has 1 aliphatic rings. The molecule has 1 aliphatic heterocycles. The molecule has 1 aromatic heterocycles. The Hall–Kier alpha value is -3.00. The largest absolute Gasteiger partial charge is 0.444 e. The van der Waals surface area contributed by atoms with Crippen LogP contribution in [0.5, 0.6) is 0 Å². The van der Waals surface area contributed by atoms with E-state index in [1.807, 2.05) is 52.0 Å². The third kappa shape index (κ3) is 5.99. The van der Waals surface area contributed by atoms with Gasteiger partial charge in [-0.15, -0.1) is 0 Å². The zero-order valence-electron chi connectivity index (χ0n) is 16.7. The number of hydrogen-bond acceptors (Lipinski definition) is 7. The standard InChI is InChI=1S/C20H23ClN6O2/c1-12-5-8-16(25-12)26-18-24-11-23-17(27-18)13-6-7-14(15(21)9-13)10-22-19(28)29-20(2,3)4/h5-9,11-12H,10H2,1-4H3,(H,22,28)(H,23,24,25,26,27)/t12-/m1/s1. The summed E-state index contributed by atoms with van der Waals surface area (Å²) in [6.45, 7) is 7.67. The number of ether oxygens (including phenoxy) is 1. The fourth-order valence-electron chi connectivity index (χ4n) is 2.53. The van der Waals surface area contributed by atoms with Gasteiger partial charge in [-0.2, -0.15) is 4.98 Å². The van der Waals surface area contributed by atoms with Crippen LogP contribution in [-0.4, -0.2) is 38.5 Å². The minimum atomic E-state index is -0.555. The minimum absolute atomic E-state index is 0.138. The van der Waals surface area contributed by atoms with Gasteiger partial charge in [0.15, 0.2) is 5.82 Å². The first-order chi connectivity index (χ1) is 13.7. The lowest BCUT2D eigenvalue weighted by molar-refractivity contribution is 0.0523. The van der Waals surface area contributed by atoms with Crippen LogP contribution in [-0.2, 0) is 11.3 Å². The van der Waals surface area contributed by atoms with Crippen LogP contribution in [0, 0.1) is 0 Å². The van der Waals surface area contributed by atoms with Crippen molar-refractivity contribution in [3.8, 4) is 11.4 Å². The van der Waals surface area contributed by atoms with Crippen LogP contribution in [0.1, 0.15) is 33.3 Å². The lowest BCUT2D eigenvalue weighted by Crippen LogP contribution is -2.32. The maximum atomic E-state index is 11.8. The molecule has 0 aliphatic carbocycles. The van der Waals surface area contributed by atoms with Crippen molar-refractivity contribution < 1.29 is 9.53 Å². The monoisotopic (exact) mass is 414 g/mol. The Bertz CT molecular complexity index is 968. The Morgan fingerprint density at radius 3 is 2.72 bits per heavy atom. The summed E-state index contributed by atoms with van der Waals surface area (Å²) in [6, 6.07) is 5.55. The molecule has 0 saturated heterocycles. The molecule has 2 heterocycles. The van der Waals surface area contributed by atoms with E-state index in [2.05, 4.69) is 30.6 Å². The average molecular weight is 415 g/mol. The number of carbonyl (C=O) groups is 1. The average Bonchev–Trinajstić information content (AvgIpc) is 3.04. The van der Waals surface area contributed by atoms with Crippen LogP contribution in [0.3, 0.4) is 0 Å². The molecule has 3 rings (SSSR count). The SMILES string of the molecule is C[C@@H]1C=CC(Nc2ncnc(-c3ccc(CNC(=O)OC(C)(C)C)c(Cl)c3)n2)=N1. The number of aliphatic imine (C=N–C) groups is 1. The van der Waals surface area contributed by atoms with Crippen molar-refractivity contribution in [2.45, 2.75) is 45.9 Å². The van der Waals surface area contributed by atoms with E-state index in [0.717, 1.165) is 11.1 Å². The number of benzene rings is 1. The molecule has 8 nitrogen and oxygen atoms in total. The van der Waals surface area contributed by atoms with Crippen molar-refractivity contribution in [3.63, 3.8) is 0 Å². The van der Waals surface area contributed by atoms with Gasteiger partial charge in [-0.05, 0) is 45.4 Å². The first kappa shape index (κ1) is 20.7. The minimum Gasteiger partial charge on any atom is -0.444 e. The van der Waals surface area contributed by atoms with E-state index in [0.29, 0.717) is 22.6 Å². The summed E-state index contributed by atoms with van der Waals surface area (Å²) in [5.41, 5.74) is 0.937. The number of carbonyl (C=O) groups excluding carboxylic acids is 1. The Labute approximate surface area is 174 Å². The molecule has 0 unspecified atom stereocenters. The second-order valence-corrected chi connectivity index (χ2v) is 7.94. The van der Waals surface area contributed by atoms with Gasteiger partial charge in [0.05, 0.1) is 6.04 Å². The Morgan fingerprint density at radius 2 is 2.07 bits per heavy atom. The van der Waals surface area contributed by atoms with Crippen LogP contribution in [0.2, 0.25) is 5.02 Å². The Balaban J connectivity index is 1.68. The summed E-state index contributed by atoms with van der Waals surface area (Å²) < 4.78 is 5.23. The maximum absolute atomic E-state index is 11.8. The topological polar surface area (TPSA) is 101 Å². The van der Waals surface area contributed by atoms with Crippen molar-refractivity contribution in [2.24, 2.45) is 4.99 Å². The summed E-state index contributed by atoms with van der Waals surface area (Å²) in [5, 5.41) is 6.25. The second-order valence-electron chi connectivity index (χ2n) is 7.53. The summed E-state index contributed by atoms with van der Waals surface area (Å²) >= 11 is 6.38. The van der Waals surface area contributed by atoms with E-state index in [4.69, 9.17) is 16.3 Å². The van der Waals surface area contributed by atoms with Crippen LogP contribution in [0.15, 0.2) is 41.7 Å². The van der Waals surface area contributed by atoms with Gasteiger partial charge < -0.3 is 15.4 Å². The highest BCUT2D eigenvalue weighted by Crippen LogP contribution is 2.24. The third-order valence-corrected chi connectivity index (χ3v) is 4.17. The Morgan fingerprint density at radius 1 is 1.28 bits per heavy atom. The molecule has 152 valence electrons. The van der Waals surface area contributed by atoms with Gasteiger partial charge in [0.25, 0.3) is 0 Å². The first-order valence-electron chi connectivity index (χ1n) is 9.17. The van der Waals surface area contributed by atoms with E-state index < -0.39 is 11.7 Å². The van der Waals surface area contributed by atoms with Crippen molar-refractivity contribution in [3.05, 3.63) is 47.3 Å². The molecule has 0 bridgehead atoms. The van der Waals surface area contributed by atoms with Crippen LogP contribution < -0.4 is 10.6 Å². The highest BCUT2D eigenvalue weighted by Gasteiger charge is 2.16. The molecule has 1 atom stereocenters. The molecule has 1 aromatic carbocycles. The van der Waals surface area contributed by atoms with E-state index in [1.54, 1.807) is 6.07 Å². The lowest BCUT2D eigenvalue weighted by atomic mass is 10.1. The molecule has 0 saturated carbocycles. The molecule has 2 N–H and O–H groups in total. The third-order valence-electron chi connectivity index (χ3n) is 3.82. The van der Waals surface area contributed by atoms with Gasteiger partial charge in [-0.1, -0.05) is 29.8 Å². The molecule has 1 amide bonds. The van der Waals surface area contributed by atoms with Gasteiger partial charge in [-0.25, -0.2) is 14.8 Å². The van der Waals surface area contributed by atoms with Gasteiger partial charge in [0, 0.05) is 17.1 Å². The molecule has 0 fully saturated rings. The number of aromatic nitrogens is 3. The maximum Gasteiger partial charge on any atom is 0.407 e.